The smallest absolute Gasteiger partial charge is 0.408 e. The van der Waals surface area contributed by atoms with Crippen LogP contribution in [0, 0.1) is 5.41 Å². The van der Waals surface area contributed by atoms with Gasteiger partial charge in [-0.1, -0.05) is 19.1 Å². The number of aryl methyl sites for hydroxylation is 1. The Morgan fingerprint density at radius 3 is 2.62 bits per heavy atom. The van der Waals surface area contributed by atoms with E-state index in [2.05, 4.69) is 33.6 Å². The second-order valence-corrected chi connectivity index (χ2v) is 10.4. The van der Waals surface area contributed by atoms with Gasteiger partial charge in [0.25, 0.3) is 5.91 Å². The number of aromatic nitrogens is 3. The third kappa shape index (κ3) is 4.70. The van der Waals surface area contributed by atoms with E-state index in [4.69, 9.17) is 9.84 Å². The molecule has 2 aliphatic heterocycles. The fourth-order valence-electron chi connectivity index (χ4n) is 4.19. The number of aliphatic hydroxyl groups excluding tert-OH is 1. The van der Waals surface area contributed by atoms with Gasteiger partial charge in [-0.25, -0.2) is 4.79 Å². The van der Waals surface area contributed by atoms with Gasteiger partial charge >= 0.3 is 6.09 Å². The minimum Gasteiger partial charge on any atom is -0.434 e. The molecule has 0 aliphatic carbocycles. The summed E-state index contributed by atoms with van der Waals surface area (Å²) >= 11 is 4.69. The summed E-state index contributed by atoms with van der Waals surface area (Å²) in [6, 6.07) is -1.17. The topological polar surface area (TPSA) is 139 Å². The summed E-state index contributed by atoms with van der Waals surface area (Å²) in [5.41, 5.74) is -0.627. The van der Waals surface area contributed by atoms with E-state index in [0.717, 1.165) is 0 Å². The Labute approximate surface area is 192 Å². The first kappa shape index (κ1) is 24.3. The van der Waals surface area contributed by atoms with Crippen LogP contribution in [0.25, 0.3) is 0 Å². The normalized spacial score (nSPS) is 26.3. The first-order chi connectivity index (χ1) is 14.9. The van der Waals surface area contributed by atoms with Crippen LogP contribution >= 0.6 is 12.6 Å². The Morgan fingerprint density at radius 1 is 1.34 bits per heavy atom. The fraction of sp³-hybridized carbons (Fsp3) is 0.750. The van der Waals surface area contributed by atoms with Gasteiger partial charge in [-0.15, -0.1) is 5.10 Å². The van der Waals surface area contributed by atoms with Crippen molar-refractivity contribution in [3.8, 4) is 0 Å². The van der Waals surface area contributed by atoms with E-state index in [-0.39, 0.29) is 23.7 Å². The van der Waals surface area contributed by atoms with Crippen LogP contribution in [0.2, 0.25) is 0 Å². The number of hydrogen-bond acceptors (Lipinski definition) is 8. The maximum Gasteiger partial charge on any atom is 0.408 e. The molecule has 32 heavy (non-hydrogen) atoms. The highest BCUT2D eigenvalue weighted by Gasteiger charge is 2.68. The van der Waals surface area contributed by atoms with Crippen molar-refractivity contribution in [3.05, 3.63) is 11.9 Å². The van der Waals surface area contributed by atoms with Crippen molar-refractivity contribution in [2.45, 2.75) is 83.2 Å². The number of nitrogens with zero attached hydrogens (tertiary/aromatic N) is 4. The Kier molecular flexibility index (Phi) is 6.75. The Hall–Kier alpha value is -2.34. The number of ether oxygens (including phenoxy) is 1. The van der Waals surface area contributed by atoms with Gasteiger partial charge < -0.3 is 25.4 Å². The molecule has 178 valence electrons. The third-order valence-corrected chi connectivity index (χ3v) is 6.74. The molecular formula is C20H32N6O5S. The van der Waals surface area contributed by atoms with Crippen molar-refractivity contribution in [3.63, 3.8) is 0 Å². The molecule has 0 bridgehead atoms. The Bertz CT molecular complexity index is 882. The average molecular weight is 469 g/mol. The molecule has 0 radical (unpaired) electrons. The second kappa shape index (κ2) is 8.89. The summed E-state index contributed by atoms with van der Waals surface area (Å²) in [6.07, 6.45) is 0.629. The standard InChI is InChI=1S/C20H32N6O5S/c1-19(2,3)22-18(30)31-13-12-15(32)20(4,5)14(26(12)17(13)29)16(28)21-7-6-8-25-9-11(10-27)23-24-25/h9,12-15,27,32H,6-8,10H2,1-5H3,(H,21,28)(H,22,30)/t12?,13-,14-,15?/m1/s1. The van der Waals surface area contributed by atoms with E-state index in [1.165, 1.54) is 4.90 Å². The van der Waals surface area contributed by atoms with Crippen molar-refractivity contribution in [2.24, 2.45) is 5.41 Å². The van der Waals surface area contributed by atoms with Crippen LogP contribution in [-0.2, 0) is 27.5 Å². The van der Waals surface area contributed by atoms with Crippen LogP contribution in [0.3, 0.4) is 0 Å². The second-order valence-electron chi connectivity index (χ2n) is 9.88. The van der Waals surface area contributed by atoms with Gasteiger partial charge in [0.1, 0.15) is 11.7 Å². The maximum absolute atomic E-state index is 13.0. The Morgan fingerprint density at radius 2 is 2.03 bits per heavy atom. The number of hydrogen-bond donors (Lipinski definition) is 4. The zero-order valence-electron chi connectivity index (χ0n) is 19.0. The summed E-state index contributed by atoms with van der Waals surface area (Å²) < 4.78 is 6.98. The zero-order valence-corrected chi connectivity index (χ0v) is 19.9. The molecule has 3 amide bonds. The highest BCUT2D eigenvalue weighted by Crippen LogP contribution is 2.50. The molecule has 12 heteroatoms. The number of carbonyl (C=O) groups is 3. The average Bonchev–Trinajstić information content (AvgIpc) is 3.22. The summed E-state index contributed by atoms with van der Waals surface area (Å²) in [5, 5.41) is 22.0. The van der Waals surface area contributed by atoms with Gasteiger partial charge in [-0.05, 0) is 27.2 Å². The molecular weight excluding hydrogens is 436 g/mol. The molecule has 1 aromatic rings. The van der Waals surface area contributed by atoms with Crippen molar-refractivity contribution in [1.29, 1.82) is 0 Å². The van der Waals surface area contributed by atoms with Gasteiger partial charge in [0.05, 0.1) is 18.8 Å². The molecule has 3 N–H and O–H groups in total. The van der Waals surface area contributed by atoms with Crippen LogP contribution < -0.4 is 10.6 Å². The van der Waals surface area contributed by atoms with Crippen LogP contribution in [0.15, 0.2) is 6.20 Å². The van der Waals surface area contributed by atoms with E-state index >= 15 is 0 Å². The molecule has 3 rings (SSSR count). The molecule has 2 saturated heterocycles. The number of β-lactam (4-membered cyclic amide) rings is 1. The Balaban J connectivity index is 1.58. The first-order valence-electron chi connectivity index (χ1n) is 10.6. The lowest BCUT2D eigenvalue weighted by molar-refractivity contribution is -0.168. The molecule has 0 spiro atoms. The third-order valence-electron chi connectivity index (χ3n) is 5.77. The van der Waals surface area contributed by atoms with Gasteiger partial charge in [-0.2, -0.15) is 12.6 Å². The molecule has 0 saturated carbocycles. The number of rotatable bonds is 7. The largest absolute Gasteiger partial charge is 0.434 e. The number of amides is 3. The molecule has 4 atom stereocenters. The lowest BCUT2D eigenvalue weighted by atomic mass is 9.82. The van der Waals surface area contributed by atoms with Gasteiger partial charge in [0.15, 0.2) is 0 Å². The minimum absolute atomic E-state index is 0.175. The molecule has 3 heterocycles. The maximum atomic E-state index is 13.0. The van der Waals surface area contributed by atoms with Gasteiger partial charge in [0, 0.05) is 29.3 Å². The molecule has 0 aromatic carbocycles. The molecule has 2 unspecified atom stereocenters. The monoisotopic (exact) mass is 468 g/mol. The van der Waals surface area contributed by atoms with Crippen LogP contribution in [0.1, 0.15) is 46.7 Å². The summed E-state index contributed by atoms with van der Waals surface area (Å²) in [6.45, 7) is 9.97. The molecule has 1 aromatic heterocycles. The number of aliphatic hydroxyl groups is 1. The van der Waals surface area contributed by atoms with Crippen LogP contribution in [0.4, 0.5) is 4.79 Å². The van der Waals surface area contributed by atoms with Crippen molar-refractivity contribution in [1.82, 2.24) is 30.5 Å². The first-order valence-corrected chi connectivity index (χ1v) is 11.1. The van der Waals surface area contributed by atoms with E-state index in [1.54, 1.807) is 10.9 Å². The van der Waals surface area contributed by atoms with E-state index in [9.17, 15) is 14.4 Å². The predicted octanol–water partition coefficient (Wildman–Crippen LogP) is 0.0876. The lowest BCUT2D eigenvalue weighted by Gasteiger charge is -2.45. The van der Waals surface area contributed by atoms with Crippen LogP contribution in [-0.4, -0.2) is 78.4 Å². The van der Waals surface area contributed by atoms with Crippen molar-refractivity contribution in [2.75, 3.05) is 6.54 Å². The lowest BCUT2D eigenvalue weighted by Crippen LogP contribution is -2.69. The highest BCUT2D eigenvalue weighted by molar-refractivity contribution is 7.81. The summed E-state index contributed by atoms with van der Waals surface area (Å²) in [7, 11) is 0. The van der Waals surface area contributed by atoms with Gasteiger partial charge in [-0.3, -0.25) is 14.3 Å². The number of thiol groups is 1. The van der Waals surface area contributed by atoms with E-state index < -0.39 is 35.2 Å². The minimum atomic E-state index is -0.954. The van der Waals surface area contributed by atoms with Crippen LogP contribution in [0.5, 0.6) is 0 Å². The van der Waals surface area contributed by atoms with Crippen molar-refractivity contribution >= 4 is 30.5 Å². The van der Waals surface area contributed by atoms with E-state index in [0.29, 0.717) is 25.2 Å². The predicted molar refractivity (Wildman–Crippen MR) is 118 cm³/mol. The number of carbonyl (C=O) groups excluding carboxylic acids is 3. The molecule has 11 nitrogen and oxygen atoms in total. The number of alkyl carbamates (subject to hydrolysis) is 1. The summed E-state index contributed by atoms with van der Waals surface area (Å²) in [5.74, 6) is -0.653. The highest BCUT2D eigenvalue weighted by atomic mass is 32.1. The number of nitrogens with one attached hydrogen (secondary N) is 2. The van der Waals surface area contributed by atoms with Gasteiger partial charge in [0.2, 0.25) is 12.0 Å². The summed E-state index contributed by atoms with van der Waals surface area (Å²) in [4.78, 5) is 39.5. The quantitative estimate of drug-likeness (QED) is 0.253. The molecule has 2 aliphatic rings. The fourth-order valence-corrected chi connectivity index (χ4v) is 4.63. The zero-order chi connectivity index (χ0) is 23.8. The van der Waals surface area contributed by atoms with Crippen molar-refractivity contribution < 1.29 is 24.2 Å². The molecule has 2 fully saturated rings. The SMILES string of the molecule is CC(C)(C)NC(=O)O[C@H]1C(=O)N2C1C(S)C(C)(C)[C@H]2C(=O)NCCCn1cc(CO)nn1. The number of fused-ring (bicyclic) bond motifs is 1. The van der Waals surface area contributed by atoms with E-state index in [1.807, 2.05) is 34.6 Å².